The Labute approximate surface area is 166 Å². The molecule has 27 heavy (non-hydrogen) atoms. The van der Waals surface area contributed by atoms with E-state index in [2.05, 4.69) is 20.8 Å². The van der Waals surface area contributed by atoms with E-state index in [0.29, 0.717) is 30.8 Å². The van der Waals surface area contributed by atoms with Crippen LogP contribution in [0.3, 0.4) is 0 Å². The van der Waals surface area contributed by atoms with Crippen LogP contribution in [-0.4, -0.2) is 25.2 Å². The average molecular weight is 381 g/mol. The second-order valence-electron chi connectivity index (χ2n) is 7.66. The minimum Gasteiger partial charge on any atom is -0.462 e. The van der Waals surface area contributed by atoms with E-state index >= 15 is 0 Å². The van der Waals surface area contributed by atoms with Crippen molar-refractivity contribution in [3.05, 3.63) is 11.1 Å². The molecule has 0 radical (unpaired) electrons. The van der Waals surface area contributed by atoms with Crippen LogP contribution in [0.15, 0.2) is 11.1 Å². The van der Waals surface area contributed by atoms with Crippen molar-refractivity contribution in [2.24, 2.45) is 5.92 Å². The fraction of sp³-hybridized carbons (Fsp3) is 0.826. The highest BCUT2D eigenvalue weighted by molar-refractivity contribution is 6.00. The summed E-state index contributed by atoms with van der Waals surface area (Å²) in [5, 5.41) is 0. The Morgan fingerprint density at radius 2 is 1.30 bits per heavy atom. The summed E-state index contributed by atoms with van der Waals surface area (Å²) in [6.07, 6.45) is 12.7. The third kappa shape index (κ3) is 8.94. The average Bonchev–Trinajstić information content (AvgIpc) is 2.68. The molecule has 0 N–H and O–H groups in total. The number of carbonyl (C=O) groups is 2. The highest BCUT2D eigenvalue weighted by Crippen LogP contribution is 2.34. The van der Waals surface area contributed by atoms with E-state index in [1.165, 1.54) is 6.42 Å². The fourth-order valence-corrected chi connectivity index (χ4v) is 3.61. The van der Waals surface area contributed by atoms with Gasteiger partial charge in [-0.3, -0.25) is 0 Å². The Morgan fingerprint density at radius 3 is 1.85 bits per heavy atom. The van der Waals surface area contributed by atoms with Gasteiger partial charge < -0.3 is 9.47 Å². The van der Waals surface area contributed by atoms with Crippen LogP contribution in [0.1, 0.15) is 104 Å². The fourth-order valence-electron chi connectivity index (χ4n) is 3.61. The molecule has 0 heterocycles. The molecule has 4 heteroatoms. The molecule has 0 unspecified atom stereocenters. The number of unbranched alkanes of at least 4 members (excludes halogenated alkanes) is 4. The van der Waals surface area contributed by atoms with Crippen molar-refractivity contribution in [1.29, 1.82) is 0 Å². The summed E-state index contributed by atoms with van der Waals surface area (Å²) in [4.78, 5) is 25.8. The molecule has 0 atom stereocenters. The number of ether oxygens (including phenoxy) is 2. The standard InChI is InChI=1S/C23H40O4/c1-4-7-11-16-20(22(24)26-17-8-5-2)21(19-14-12-10-13-15-19)23(25)27-18-9-6-3/h19H,4-18H2,1-3H3. The van der Waals surface area contributed by atoms with E-state index in [1.54, 1.807) is 0 Å². The molecule has 0 aromatic rings. The maximum Gasteiger partial charge on any atom is 0.334 e. The van der Waals surface area contributed by atoms with Crippen LogP contribution < -0.4 is 0 Å². The van der Waals surface area contributed by atoms with Crippen LogP contribution >= 0.6 is 0 Å². The molecular formula is C23H40O4. The Kier molecular flexibility index (Phi) is 12.9. The zero-order valence-corrected chi connectivity index (χ0v) is 17.8. The van der Waals surface area contributed by atoms with Crippen molar-refractivity contribution in [3.63, 3.8) is 0 Å². The molecule has 1 aliphatic rings. The zero-order valence-electron chi connectivity index (χ0n) is 17.8. The lowest BCUT2D eigenvalue weighted by atomic mass is 9.80. The molecule has 4 nitrogen and oxygen atoms in total. The lowest BCUT2D eigenvalue weighted by Crippen LogP contribution is -2.24. The topological polar surface area (TPSA) is 52.6 Å². The molecule has 1 fully saturated rings. The summed E-state index contributed by atoms with van der Waals surface area (Å²) in [5.41, 5.74) is 1.22. The van der Waals surface area contributed by atoms with Gasteiger partial charge in [-0.2, -0.15) is 0 Å². The monoisotopic (exact) mass is 380 g/mol. The van der Waals surface area contributed by atoms with Gasteiger partial charge in [0.15, 0.2) is 0 Å². The van der Waals surface area contributed by atoms with E-state index < -0.39 is 0 Å². The van der Waals surface area contributed by atoms with Gasteiger partial charge in [0.1, 0.15) is 0 Å². The molecule has 0 saturated heterocycles. The van der Waals surface area contributed by atoms with Gasteiger partial charge in [-0.05, 0) is 44.4 Å². The smallest absolute Gasteiger partial charge is 0.334 e. The maximum atomic E-state index is 12.9. The maximum absolute atomic E-state index is 12.9. The first-order valence-corrected chi connectivity index (χ1v) is 11.2. The minimum absolute atomic E-state index is 0.142. The summed E-state index contributed by atoms with van der Waals surface area (Å²) in [6, 6.07) is 0. The Morgan fingerprint density at radius 1 is 0.741 bits per heavy atom. The summed E-state index contributed by atoms with van der Waals surface area (Å²) in [7, 11) is 0. The molecule has 0 aromatic carbocycles. The largest absolute Gasteiger partial charge is 0.462 e. The van der Waals surface area contributed by atoms with Crippen molar-refractivity contribution >= 4 is 11.9 Å². The highest BCUT2D eigenvalue weighted by Gasteiger charge is 2.30. The first kappa shape index (κ1) is 23.7. The summed E-state index contributed by atoms with van der Waals surface area (Å²) < 4.78 is 11.1. The second-order valence-corrected chi connectivity index (χ2v) is 7.66. The van der Waals surface area contributed by atoms with Gasteiger partial charge >= 0.3 is 11.9 Å². The van der Waals surface area contributed by atoms with Crippen LogP contribution in [0.4, 0.5) is 0 Å². The van der Waals surface area contributed by atoms with Crippen LogP contribution in [0, 0.1) is 5.92 Å². The van der Waals surface area contributed by atoms with Gasteiger partial charge in [0.05, 0.1) is 18.8 Å². The van der Waals surface area contributed by atoms with Gasteiger partial charge in [-0.15, -0.1) is 0 Å². The molecule has 1 rings (SSSR count). The minimum atomic E-state index is -0.299. The highest BCUT2D eigenvalue weighted by atomic mass is 16.5. The molecular weight excluding hydrogens is 340 g/mol. The van der Waals surface area contributed by atoms with Crippen LogP contribution in [0.2, 0.25) is 0 Å². The Bertz CT molecular complexity index is 461. The van der Waals surface area contributed by atoms with Crippen LogP contribution in [0.5, 0.6) is 0 Å². The van der Waals surface area contributed by atoms with Gasteiger partial charge in [0.25, 0.3) is 0 Å². The summed E-state index contributed by atoms with van der Waals surface area (Å²) in [5.74, 6) is -0.440. The number of esters is 2. The first-order chi connectivity index (χ1) is 13.2. The normalized spacial score (nSPS) is 16.0. The van der Waals surface area contributed by atoms with Gasteiger partial charge in [0.2, 0.25) is 0 Å². The van der Waals surface area contributed by atoms with Crippen molar-refractivity contribution < 1.29 is 19.1 Å². The molecule has 0 amide bonds. The van der Waals surface area contributed by atoms with Crippen molar-refractivity contribution in [1.82, 2.24) is 0 Å². The van der Waals surface area contributed by atoms with Crippen molar-refractivity contribution in [2.45, 2.75) is 104 Å². The third-order valence-corrected chi connectivity index (χ3v) is 5.30. The third-order valence-electron chi connectivity index (χ3n) is 5.30. The Balaban J connectivity index is 3.07. The first-order valence-electron chi connectivity index (χ1n) is 11.2. The van der Waals surface area contributed by atoms with E-state index in [4.69, 9.17) is 9.47 Å². The van der Waals surface area contributed by atoms with Crippen molar-refractivity contribution in [2.75, 3.05) is 13.2 Å². The van der Waals surface area contributed by atoms with Gasteiger partial charge in [0, 0.05) is 5.57 Å². The van der Waals surface area contributed by atoms with E-state index in [-0.39, 0.29) is 17.9 Å². The lowest BCUT2D eigenvalue weighted by molar-refractivity contribution is -0.143. The predicted octanol–water partition coefficient (Wildman–Crippen LogP) is 6.13. The predicted molar refractivity (Wildman–Crippen MR) is 109 cm³/mol. The Hall–Kier alpha value is -1.32. The van der Waals surface area contributed by atoms with Crippen molar-refractivity contribution in [3.8, 4) is 0 Å². The molecule has 0 aromatic heterocycles. The number of hydrogen-bond donors (Lipinski definition) is 0. The lowest BCUT2D eigenvalue weighted by Gasteiger charge is -2.26. The zero-order chi connectivity index (χ0) is 19.9. The SMILES string of the molecule is CCCCCC(C(=O)OCCCC)=C(C(=O)OCCCC)C1CCCCC1. The molecule has 0 spiro atoms. The van der Waals surface area contributed by atoms with Crippen LogP contribution in [-0.2, 0) is 19.1 Å². The molecule has 0 aliphatic heterocycles. The van der Waals surface area contributed by atoms with Gasteiger partial charge in [-0.1, -0.05) is 65.7 Å². The van der Waals surface area contributed by atoms with E-state index in [9.17, 15) is 9.59 Å². The van der Waals surface area contributed by atoms with Gasteiger partial charge in [-0.25, -0.2) is 9.59 Å². The quantitative estimate of drug-likeness (QED) is 0.219. The van der Waals surface area contributed by atoms with E-state index in [1.807, 2.05) is 0 Å². The summed E-state index contributed by atoms with van der Waals surface area (Å²) >= 11 is 0. The molecule has 156 valence electrons. The number of carbonyl (C=O) groups excluding carboxylic acids is 2. The van der Waals surface area contributed by atoms with E-state index in [0.717, 1.165) is 70.6 Å². The van der Waals surface area contributed by atoms with Crippen LogP contribution in [0.25, 0.3) is 0 Å². The number of rotatable bonds is 13. The summed E-state index contributed by atoms with van der Waals surface area (Å²) in [6.45, 7) is 7.15. The number of hydrogen-bond acceptors (Lipinski definition) is 4. The molecule has 1 aliphatic carbocycles. The second kappa shape index (κ2) is 14.7. The molecule has 1 saturated carbocycles. The molecule has 0 bridgehead atoms.